The Hall–Kier alpha value is -3.47. The van der Waals surface area contributed by atoms with Gasteiger partial charge in [-0.15, -0.1) is 0 Å². The lowest BCUT2D eigenvalue weighted by Gasteiger charge is -2.34. The van der Waals surface area contributed by atoms with E-state index in [2.05, 4.69) is 15.1 Å². The van der Waals surface area contributed by atoms with E-state index in [1.54, 1.807) is 37.2 Å². The van der Waals surface area contributed by atoms with Gasteiger partial charge < -0.3 is 9.80 Å². The van der Waals surface area contributed by atoms with Crippen molar-refractivity contribution >= 4 is 27.6 Å². The summed E-state index contributed by atoms with van der Waals surface area (Å²) < 4.78 is 30.1. The molecule has 3 aromatic rings. The maximum absolute atomic E-state index is 13.6. The van der Waals surface area contributed by atoms with E-state index in [1.165, 1.54) is 8.99 Å². The van der Waals surface area contributed by atoms with Crippen molar-refractivity contribution < 1.29 is 13.2 Å². The Balaban J connectivity index is 1.31. The third-order valence-electron chi connectivity index (χ3n) is 6.46. The van der Waals surface area contributed by atoms with E-state index in [-0.39, 0.29) is 17.3 Å². The average molecular weight is 482 g/mol. The Bertz CT molecular complexity index is 1320. The van der Waals surface area contributed by atoms with E-state index in [4.69, 9.17) is 0 Å². The molecule has 5 rings (SSSR count). The number of rotatable bonds is 5. The summed E-state index contributed by atoms with van der Waals surface area (Å²) in [6.45, 7) is 6.18. The number of anilines is 2. The molecule has 1 amide bonds. The Morgan fingerprint density at radius 2 is 1.68 bits per heavy atom. The lowest BCUT2D eigenvalue weighted by atomic mass is 10.2. The van der Waals surface area contributed by atoms with E-state index < -0.39 is 10.0 Å². The minimum absolute atomic E-state index is 0.000612. The molecule has 0 bridgehead atoms. The molecule has 2 aliphatic heterocycles. The molecule has 0 saturated carbocycles. The SMILES string of the molecule is Cc1nn(CC(=O)N2CCN(c3ncccn3)CC2)c(C)c1S(=O)(=O)N1CCc2ccccc21. The Morgan fingerprint density at radius 3 is 2.41 bits per heavy atom. The first-order valence-corrected chi connectivity index (χ1v) is 12.7. The maximum Gasteiger partial charge on any atom is 0.268 e. The highest BCUT2D eigenvalue weighted by Gasteiger charge is 2.35. The van der Waals surface area contributed by atoms with Crippen LogP contribution in [0.1, 0.15) is 17.0 Å². The Kier molecular flexibility index (Phi) is 5.72. The molecule has 0 N–H and O–H groups in total. The van der Waals surface area contributed by atoms with Crippen LogP contribution in [-0.2, 0) is 27.8 Å². The van der Waals surface area contributed by atoms with Crippen LogP contribution in [0.3, 0.4) is 0 Å². The summed E-state index contributed by atoms with van der Waals surface area (Å²) in [6, 6.07) is 9.32. The van der Waals surface area contributed by atoms with Crippen molar-refractivity contribution in [3.8, 4) is 0 Å². The molecule has 0 aliphatic carbocycles. The molecule has 11 heteroatoms. The fourth-order valence-corrected chi connectivity index (χ4v) is 6.60. The third-order valence-corrected chi connectivity index (χ3v) is 8.53. The molecule has 0 unspecified atom stereocenters. The summed E-state index contributed by atoms with van der Waals surface area (Å²) in [5.41, 5.74) is 2.61. The molecule has 1 aromatic carbocycles. The zero-order chi connectivity index (χ0) is 23.9. The van der Waals surface area contributed by atoms with Gasteiger partial charge in [-0.2, -0.15) is 5.10 Å². The van der Waals surface area contributed by atoms with Gasteiger partial charge in [-0.05, 0) is 38.0 Å². The van der Waals surface area contributed by atoms with Crippen LogP contribution in [0.2, 0.25) is 0 Å². The number of sulfonamides is 1. The lowest BCUT2D eigenvalue weighted by molar-refractivity contribution is -0.132. The number of amides is 1. The van der Waals surface area contributed by atoms with Crippen molar-refractivity contribution in [1.82, 2.24) is 24.6 Å². The van der Waals surface area contributed by atoms with Gasteiger partial charge in [0.2, 0.25) is 11.9 Å². The second kappa shape index (κ2) is 8.71. The van der Waals surface area contributed by atoms with E-state index in [9.17, 15) is 13.2 Å². The Labute approximate surface area is 198 Å². The first-order valence-electron chi connectivity index (χ1n) is 11.3. The summed E-state index contributed by atoms with van der Waals surface area (Å²) in [4.78, 5) is 25.6. The number of benzene rings is 1. The lowest BCUT2D eigenvalue weighted by Crippen LogP contribution is -2.50. The van der Waals surface area contributed by atoms with E-state index in [1.807, 2.05) is 29.2 Å². The number of para-hydroxylation sites is 1. The smallest absolute Gasteiger partial charge is 0.268 e. The number of aromatic nitrogens is 4. The van der Waals surface area contributed by atoms with Gasteiger partial charge in [-0.25, -0.2) is 18.4 Å². The van der Waals surface area contributed by atoms with Crippen LogP contribution in [0.5, 0.6) is 0 Å². The molecular formula is C23H27N7O3S. The van der Waals surface area contributed by atoms with Crippen molar-refractivity contribution in [3.05, 3.63) is 59.7 Å². The van der Waals surface area contributed by atoms with Crippen LogP contribution in [0, 0.1) is 13.8 Å². The number of nitrogens with zero attached hydrogens (tertiary/aromatic N) is 7. The van der Waals surface area contributed by atoms with Crippen LogP contribution in [0.25, 0.3) is 0 Å². The van der Waals surface area contributed by atoms with Gasteiger partial charge in [0.15, 0.2) is 0 Å². The minimum atomic E-state index is -3.79. The highest BCUT2D eigenvalue weighted by atomic mass is 32.2. The molecule has 178 valence electrons. The van der Waals surface area contributed by atoms with Crippen LogP contribution < -0.4 is 9.21 Å². The zero-order valence-electron chi connectivity index (χ0n) is 19.3. The Morgan fingerprint density at radius 1 is 0.971 bits per heavy atom. The largest absolute Gasteiger partial charge is 0.338 e. The molecule has 2 aromatic heterocycles. The van der Waals surface area contributed by atoms with E-state index in [0.29, 0.717) is 62.2 Å². The second-order valence-electron chi connectivity index (χ2n) is 8.53. The van der Waals surface area contributed by atoms with Crippen molar-refractivity contribution in [2.75, 3.05) is 41.9 Å². The van der Waals surface area contributed by atoms with Gasteiger partial charge >= 0.3 is 0 Å². The first-order chi connectivity index (χ1) is 16.4. The summed E-state index contributed by atoms with van der Waals surface area (Å²) in [6.07, 6.45) is 4.09. The standard InChI is InChI=1S/C23H27N7O3S/c1-17-22(34(32,33)30-11-8-19-6-3-4-7-20(19)30)18(2)29(26-17)16-21(31)27-12-14-28(15-13-27)23-24-9-5-10-25-23/h3-7,9-10H,8,11-16H2,1-2H3. The van der Waals surface area contributed by atoms with Crippen LogP contribution in [0.15, 0.2) is 47.6 Å². The van der Waals surface area contributed by atoms with Gasteiger partial charge in [0.1, 0.15) is 11.4 Å². The molecule has 1 saturated heterocycles. The highest BCUT2D eigenvalue weighted by Crippen LogP contribution is 2.34. The fraction of sp³-hybridized carbons (Fsp3) is 0.391. The first kappa shape index (κ1) is 22.3. The van der Waals surface area contributed by atoms with Crippen molar-refractivity contribution in [1.29, 1.82) is 0 Å². The molecule has 4 heterocycles. The van der Waals surface area contributed by atoms with Crippen molar-refractivity contribution in [2.45, 2.75) is 31.7 Å². The fourth-order valence-electron chi connectivity index (χ4n) is 4.71. The highest BCUT2D eigenvalue weighted by molar-refractivity contribution is 7.93. The monoisotopic (exact) mass is 481 g/mol. The summed E-state index contributed by atoms with van der Waals surface area (Å²) in [5.74, 6) is 0.571. The number of piperazine rings is 1. The number of hydrogen-bond donors (Lipinski definition) is 0. The molecule has 2 aliphatic rings. The molecule has 0 radical (unpaired) electrons. The zero-order valence-corrected chi connectivity index (χ0v) is 20.1. The second-order valence-corrected chi connectivity index (χ2v) is 10.3. The quantitative estimate of drug-likeness (QED) is 0.542. The van der Waals surface area contributed by atoms with E-state index in [0.717, 1.165) is 5.56 Å². The number of aryl methyl sites for hydroxylation is 1. The van der Waals surface area contributed by atoms with Gasteiger partial charge in [0.05, 0.1) is 17.1 Å². The summed E-state index contributed by atoms with van der Waals surface area (Å²) >= 11 is 0. The number of carbonyl (C=O) groups is 1. The number of carbonyl (C=O) groups excluding carboxylic acids is 1. The third kappa shape index (κ3) is 3.89. The molecule has 10 nitrogen and oxygen atoms in total. The average Bonchev–Trinajstić information content (AvgIpc) is 3.41. The van der Waals surface area contributed by atoms with Gasteiger partial charge in [0.25, 0.3) is 10.0 Å². The number of fused-ring (bicyclic) bond motifs is 1. The number of hydrogen-bond acceptors (Lipinski definition) is 7. The summed E-state index contributed by atoms with van der Waals surface area (Å²) in [5, 5.41) is 4.43. The van der Waals surface area contributed by atoms with Crippen LogP contribution in [0.4, 0.5) is 11.6 Å². The predicted molar refractivity (Wildman–Crippen MR) is 127 cm³/mol. The molecular weight excluding hydrogens is 454 g/mol. The van der Waals surface area contributed by atoms with Crippen molar-refractivity contribution in [3.63, 3.8) is 0 Å². The molecule has 34 heavy (non-hydrogen) atoms. The van der Waals surface area contributed by atoms with Gasteiger partial charge in [-0.3, -0.25) is 13.8 Å². The van der Waals surface area contributed by atoms with Crippen LogP contribution in [-0.4, -0.2) is 71.7 Å². The minimum Gasteiger partial charge on any atom is -0.338 e. The molecule has 0 atom stereocenters. The topological polar surface area (TPSA) is 105 Å². The predicted octanol–water partition coefficient (Wildman–Crippen LogP) is 1.39. The van der Waals surface area contributed by atoms with E-state index >= 15 is 0 Å². The maximum atomic E-state index is 13.6. The van der Waals surface area contributed by atoms with Gasteiger partial charge in [0, 0.05) is 45.1 Å². The van der Waals surface area contributed by atoms with Crippen LogP contribution >= 0.6 is 0 Å². The molecule has 0 spiro atoms. The summed E-state index contributed by atoms with van der Waals surface area (Å²) in [7, 11) is -3.79. The van der Waals surface area contributed by atoms with Gasteiger partial charge in [-0.1, -0.05) is 18.2 Å². The molecule has 1 fully saturated rings. The van der Waals surface area contributed by atoms with Crippen molar-refractivity contribution in [2.24, 2.45) is 0 Å². The normalized spacial score (nSPS) is 16.1.